The fraction of sp³-hybridized carbons (Fsp3) is 0.600. The molecule has 1 unspecified atom stereocenters. The van der Waals surface area contributed by atoms with Gasteiger partial charge in [0.15, 0.2) is 0 Å². The zero-order valence-corrected chi connectivity index (χ0v) is 12.9. The van der Waals surface area contributed by atoms with Crippen molar-refractivity contribution < 1.29 is 8.42 Å². The van der Waals surface area contributed by atoms with Crippen molar-refractivity contribution >= 4 is 10.0 Å². The van der Waals surface area contributed by atoms with E-state index in [1.165, 1.54) is 17.5 Å². The molecule has 0 amide bonds. The van der Waals surface area contributed by atoms with Gasteiger partial charge in [0.1, 0.15) is 0 Å². The van der Waals surface area contributed by atoms with Crippen LogP contribution in [0.2, 0.25) is 0 Å². The molecule has 0 heterocycles. The van der Waals surface area contributed by atoms with Crippen LogP contribution < -0.4 is 10.5 Å². The molecule has 1 aromatic carbocycles. The summed E-state index contributed by atoms with van der Waals surface area (Å²) in [6, 6.07) is 5.32. The van der Waals surface area contributed by atoms with Gasteiger partial charge in [0.05, 0.1) is 4.90 Å². The van der Waals surface area contributed by atoms with E-state index in [2.05, 4.69) is 4.72 Å². The van der Waals surface area contributed by atoms with Crippen molar-refractivity contribution in [3.63, 3.8) is 0 Å². The predicted octanol–water partition coefficient (Wildman–Crippen LogP) is 1.97. The maximum absolute atomic E-state index is 12.4. The Balaban J connectivity index is 2.20. The van der Waals surface area contributed by atoms with E-state index in [4.69, 9.17) is 5.73 Å². The lowest BCUT2D eigenvalue weighted by Gasteiger charge is -2.19. The fourth-order valence-corrected chi connectivity index (χ4v) is 4.07. The van der Waals surface area contributed by atoms with E-state index >= 15 is 0 Å². The van der Waals surface area contributed by atoms with Gasteiger partial charge in [-0.15, -0.1) is 0 Å². The van der Waals surface area contributed by atoms with Crippen LogP contribution in [0.15, 0.2) is 23.1 Å². The second-order valence-corrected chi connectivity index (χ2v) is 7.19. The fourth-order valence-electron chi connectivity index (χ4n) is 2.74. The van der Waals surface area contributed by atoms with E-state index in [1.54, 1.807) is 6.07 Å². The van der Waals surface area contributed by atoms with Crippen LogP contribution in [0.3, 0.4) is 0 Å². The monoisotopic (exact) mass is 296 g/mol. The van der Waals surface area contributed by atoms with Crippen molar-refractivity contribution in [1.29, 1.82) is 0 Å². The van der Waals surface area contributed by atoms with Crippen molar-refractivity contribution in [2.45, 2.75) is 56.4 Å². The Morgan fingerprint density at radius 3 is 2.60 bits per heavy atom. The van der Waals surface area contributed by atoms with Crippen molar-refractivity contribution in [3.05, 3.63) is 29.3 Å². The largest absolute Gasteiger partial charge is 0.329 e. The van der Waals surface area contributed by atoms with Gasteiger partial charge in [-0.05, 0) is 55.4 Å². The first-order valence-electron chi connectivity index (χ1n) is 7.41. The summed E-state index contributed by atoms with van der Waals surface area (Å²) in [6.07, 6.45) is 6.06. The highest BCUT2D eigenvalue weighted by molar-refractivity contribution is 7.89. The van der Waals surface area contributed by atoms with Gasteiger partial charge < -0.3 is 5.73 Å². The number of fused-ring (bicyclic) bond motifs is 1. The Morgan fingerprint density at radius 1 is 1.25 bits per heavy atom. The maximum atomic E-state index is 12.4. The van der Waals surface area contributed by atoms with Gasteiger partial charge in [-0.2, -0.15) is 0 Å². The van der Waals surface area contributed by atoms with Crippen LogP contribution in [0.1, 0.15) is 43.7 Å². The Hall–Kier alpha value is -0.910. The lowest BCUT2D eigenvalue weighted by atomic mass is 9.92. The van der Waals surface area contributed by atoms with Crippen LogP contribution in [0.4, 0.5) is 0 Å². The number of benzene rings is 1. The highest BCUT2D eigenvalue weighted by Gasteiger charge is 2.20. The van der Waals surface area contributed by atoms with E-state index < -0.39 is 10.0 Å². The molecule has 1 aliphatic rings. The van der Waals surface area contributed by atoms with Crippen molar-refractivity contribution in [2.75, 3.05) is 6.54 Å². The van der Waals surface area contributed by atoms with Gasteiger partial charge in [-0.1, -0.05) is 19.4 Å². The molecule has 0 aliphatic heterocycles. The van der Waals surface area contributed by atoms with Crippen LogP contribution in [-0.4, -0.2) is 21.0 Å². The minimum atomic E-state index is -3.46. The number of rotatable bonds is 6. The minimum Gasteiger partial charge on any atom is -0.329 e. The molecule has 4 nitrogen and oxygen atoms in total. The lowest BCUT2D eigenvalue weighted by Crippen LogP contribution is -2.40. The molecular formula is C15H24N2O2S. The van der Waals surface area contributed by atoms with Crippen LogP contribution in [0, 0.1) is 0 Å². The number of nitrogens with two attached hydrogens (primary N) is 1. The molecule has 3 N–H and O–H groups in total. The quantitative estimate of drug-likeness (QED) is 0.843. The first-order valence-corrected chi connectivity index (χ1v) is 8.89. The average molecular weight is 296 g/mol. The van der Waals surface area contributed by atoms with Gasteiger partial charge in [-0.3, -0.25) is 0 Å². The highest BCUT2D eigenvalue weighted by Crippen LogP contribution is 2.24. The molecule has 20 heavy (non-hydrogen) atoms. The zero-order chi connectivity index (χ0) is 14.6. The molecule has 112 valence electrons. The third-order valence-electron chi connectivity index (χ3n) is 3.87. The highest BCUT2D eigenvalue weighted by atomic mass is 32.2. The molecule has 5 heteroatoms. The lowest BCUT2D eigenvalue weighted by molar-refractivity contribution is 0.527. The maximum Gasteiger partial charge on any atom is 0.240 e. The third-order valence-corrected chi connectivity index (χ3v) is 5.39. The molecule has 0 bridgehead atoms. The number of hydrogen-bond donors (Lipinski definition) is 2. The summed E-state index contributed by atoms with van der Waals surface area (Å²) in [7, 11) is -3.46. The first kappa shape index (κ1) is 15.5. The van der Waals surface area contributed by atoms with Crippen LogP contribution >= 0.6 is 0 Å². The van der Waals surface area contributed by atoms with Crippen molar-refractivity contribution in [1.82, 2.24) is 4.72 Å². The third kappa shape index (κ3) is 3.59. The predicted molar refractivity (Wildman–Crippen MR) is 81.2 cm³/mol. The van der Waals surface area contributed by atoms with Crippen LogP contribution in [-0.2, 0) is 22.9 Å². The summed E-state index contributed by atoms with van der Waals surface area (Å²) in [5.74, 6) is 0. The Morgan fingerprint density at radius 2 is 1.95 bits per heavy atom. The number of sulfonamides is 1. The van der Waals surface area contributed by atoms with Gasteiger partial charge in [0, 0.05) is 12.6 Å². The topological polar surface area (TPSA) is 72.2 Å². The molecule has 0 radical (unpaired) electrons. The Bertz CT molecular complexity index is 555. The molecule has 1 aliphatic carbocycles. The van der Waals surface area contributed by atoms with E-state index in [1.807, 2.05) is 19.1 Å². The van der Waals surface area contributed by atoms with E-state index in [0.717, 1.165) is 32.1 Å². The van der Waals surface area contributed by atoms with Gasteiger partial charge in [0.2, 0.25) is 10.0 Å². The van der Waals surface area contributed by atoms with Crippen LogP contribution in [0.5, 0.6) is 0 Å². The normalized spacial score (nSPS) is 16.7. The van der Waals surface area contributed by atoms with Crippen molar-refractivity contribution in [2.24, 2.45) is 5.73 Å². The van der Waals surface area contributed by atoms with Crippen molar-refractivity contribution in [3.8, 4) is 0 Å². The van der Waals surface area contributed by atoms with E-state index in [9.17, 15) is 8.42 Å². The number of hydrogen-bond acceptors (Lipinski definition) is 3. The van der Waals surface area contributed by atoms with E-state index in [-0.39, 0.29) is 6.04 Å². The molecule has 1 atom stereocenters. The van der Waals surface area contributed by atoms with Gasteiger partial charge in [0.25, 0.3) is 0 Å². The van der Waals surface area contributed by atoms with Gasteiger partial charge in [-0.25, -0.2) is 13.1 Å². The standard InChI is InChI=1S/C15H24N2O2S/c1-2-5-14(11-16)17-20(18,19)15-9-8-12-6-3-4-7-13(12)10-15/h8-10,14,17H,2-7,11,16H2,1H3. The second kappa shape index (κ2) is 6.70. The summed E-state index contributed by atoms with van der Waals surface area (Å²) in [4.78, 5) is 0.368. The minimum absolute atomic E-state index is 0.180. The molecular weight excluding hydrogens is 272 g/mol. The summed E-state index contributed by atoms with van der Waals surface area (Å²) < 4.78 is 27.5. The average Bonchev–Trinajstić information content (AvgIpc) is 2.46. The Kier molecular flexibility index (Phi) is 5.18. The molecule has 0 aromatic heterocycles. The second-order valence-electron chi connectivity index (χ2n) is 5.48. The smallest absolute Gasteiger partial charge is 0.240 e. The molecule has 0 spiro atoms. The Labute approximate surface area is 121 Å². The molecule has 0 saturated heterocycles. The molecule has 0 fully saturated rings. The number of nitrogens with one attached hydrogen (secondary N) is 1. The van der Waals surface area contributed by atoms with Gasteiger partial charge >= 0.3 is 0 Å². The SMILES string of the molecule is CCCC(CN)NS(=O)(=O)c1ccc2c(c1)CCCC2. The number of aryl methyl sites for hydroxylation is 2. The van der Waals surface area contributed by atoms with Crippen LogP contribution in [0.25, 0.3) is 0 Å². The summed E-state index contributed by atoms with van der Waals surface area (Å²) in [5.41, 5.74) is 8.10. The molecule has 0 saturated carbocycles. The molecule has 1 aromatic rings. The zero-order valence-electron chi connectivity index (χ0n) is 12.1. The first-order chi connectivity index (χ1) is 9.56. The summed E-state index contributed by atoms with van der Waals surface area (Å²) in [6.45, 7) is 2.36. The molecule has 2 rings (SSSR count). The summed E-state index contributed by atoms with van der Waals surface area (Å²) in [5, 5.41) is 0. The van der Waals surface area contributed by atoms with E-state index in [0.29, 0.717) is 11.4 Å². The summed E-state index contributed by atoms with van der Waals surface area (Å²) >= 11 is 0.